The van der Waals surface area contributed by atoms with Gasteiger partial charge in [-0.3, -0.25) is 4.90 Å². The lowest BCUT2D eigenvalue weighted by molar-refractivity contribution is -0.193. The molecule has 3 aliphatic rings. The highest BCUT2D eigenvalue weighted by atomic mass is 16.7. The minimum absolute atomic E-state index is 0.273. The number of likely N-dealkylation sites (N-methyl/N-ethyl adjacent to an activating group) is 2. The van der Waals surface area contributed by atoms with Crippen LogP contribution in [0.5, 0.6) is 0 Å². The van der Waals surface area contributed by atoms with Crippen molar-refractivity contribution in [3.63, 3.8) is 0 Å². The Bertz CT molecular complexity index is 314. The van der Waals surface area contributed by atoms with E-state index in [4.69, 9.17) is 9.47 Å². The zero-order valence-corrected chi connectivity index (χ0v) is 13.1. The number of rotatable bonds is 5. The average Bonchev–Trinajstić information content (AvgIpc) is 2.86. The summed E-state index contributed by atoms with van der Waals surface area (Å²) in [6.07, 6.45) is 7.49. The van der Waals surface area contributed by atoms with Gasteiger partial charge in [-0.25, -0.2) is 0 Å². The quantitative estimate of drug-likeness (QED) is 0.836. The molecule has 3 rings (SSSR count). The zero-order chi connectivity index (χ0) is 14.0. The van der Waals surface area contributed by atoms with E-state index >= 15 is 0 Å². The first kappa shape index (κ1) is 14.8. The van der Waals surface area contributed by atoms with Crippen LogP contribution in [0.3, 0.4) is 0 Å². The Labute approximate surface area is 123 Å². The molecule has 1 saturated heterocycles. The van der Waals surface area contributed by atoms with Crippen molar-refractivity contribution in [2.24, 2.45) is 5.92 Å². The normalized spacial score (nSPS) is 33.8. The lowest BCUT2D eigenvalue weighted by Gasteiger charge is -2.47. The SMILES string of the molecule is CCN(CC1CCC1)C1CC2(CCC1NC)OCCO2. The second-order valence-corrected chi connectivity index (χ2v) is 6.70. The van der Waals surface area contributed by atoms with Gasteiger partial charge in [-0.15, -0.1) is 0 Å². The van der Waals surface area contributed by atoms with Gasteiger partial charge < -0.3 is 14.8 Å². The van der Waals surface area contributed by atoms with Gasteiger partial charge in [0.05, 0.1) is 13.2 Å². The van der Waals surface area contributed by atoms with E-state index in [1.807, 2.05) is 0 Å². The highest BCUT2D eigenvalue weighted by Crippen LogP contribution is 2.38. The molecule has 0 aromatic rings. The molecule has 2 aliphatic carbocycles. The number of hydrogen-bond donors (Lipinski definition) is 1. The van der Waals surface area contributed by atoms with E-state index in [1.54, 1.807) is 0 Å². The first-order valence-electron chi connectivity index (χ1n) is 8.45. The number of ether oxygens (including phenoxy) is 2. The third-order valence-electron chi connectivity index (χ3n) is 5.60. The van der Waals surface area contributed by atoms with E-state index in [1.165, 1.54) is 25.8 Å². The van der Waals surface area contributed by atoms with Crippen LogP contribution in [0.2, 0.25) is 0 Å². The molecule has 3 fully saturated rings. The van der Waals surface area contributed by atoms with Crippen LogP contribution >= 0.6 is 0 Å². The third-order valence-corrected chi connectivity index (χ3v) is 5.60. The molecule has 2 atom stereocenters. The highest BCUT2D eigenvalue weighted by molar-refractivity contribution is 4.96. The van der Waals surface area contributed by atoms with Gasteiger partial charge in [-0.2, -0.15) is 0 Å². The molecule has 1 spiro atoms. The Kier molecular flexibility index (Phi) is 4.65. The minimum atomic E-state index is -0.273. The van der Waals surface area contributed by atoms with Crippen LogP contribution in [-0.2, 0) is 9.47 Å². The summed E-state index contributed by atoms with van der Waals surface area (Å²) in [6, 6.07) is 1.13. The summed E-state index contributed by atoms with van der Waals surface area (Å²) >= 11 is 0. The maximum atomic E-state index is 5.97. The third kappa shape index (κ3) is 2.89. The lowest BCUT2D eigenvalue weighted by Crippen LogP contribution is -2.58. The van der Waals surface area contributed by atoms with Gasteiger partial charge in [-0.1, -0.05) is 13.3 Å². The van der Waals surface area contributed by atoms with E-state index in [2.05, 4.69) is 24.2 Å². The van der Waals surface area contributed by atoms with Crippen molar-refractivity contribution in [3.8, 4) is 0 Å². The fraction of sp³-hybridized carbons (Fsp3) is 1.00. The van der Waals surface area contributed by atoms with Crippen molar-refractivity contribution in [1.29, 1.82) is 0 Å². The molecule has 1 N–H and O–H groups in total. The van der Waals surface area contributed by atoms with E-state index in [0.29, 0.717) is 12.1 Å². The molecule has 1 heterocycles. The van der Waals surface area contributed by atoms with Gasteiger partial charge in [0.15, 0.2) is 5.79 Å². The maximum Gasteiger partial charge on any atom is 0.170 e. The van der Waals surface area contributed by atoms with Crippen molar-refractivity contribution < 1.29 is 9.47 Å². The van der Waals surface area contributed by atoms with Gasteiger partial charge >= 0.3 is 0 Å². The van der Waals surface area contributed by atoms with E-state index in [9.17, 15) is 0 Å². The summed E-state index contributed by atoms with van der Waals surface area (Å²) in [6.45, 7) is 6.23. The van der Waals surface area contributed by atoms with Crippen LogP contribution in [0.15, 0.2) is 0 Å². The van der Waals surface area contributed by atoms with Gasteiger partial charge in [0, 0.05) is 31.5 Å². The smallest absolute Gasteiger partial charge is 0.170 e. The summed E-state index contributed by atoms with van der Waals surface area (Å²) in [4.78, 5) is 2.68. The maximum absolute atomic E-state index is 5.97. The zero-order valence-electron chi connectivity index (χ0n) is 13.1. The first-order valence-corrected chi connectivity index (χ1v) is 8.45. The monoisotopic (exact) mass is 282 g/mol. The Morgan fingerprint density at radius 3 is 2.50 bits per heavy atom. The summed E-state index contributed by atoms with van der Waals surface area (Å²) < 4.78 is 11.9. The van der Waals surface area contributed by atoms with Crippen molar-refractivity contribution in [3.05, 3.63) is 0 Å². The van der Waals surface area contributed by atoms with Crippen molar-refractivity contribution in [1.82, 2.24) is 10.2 Å². The van der Waals surface area contributed by atoms with Crippen LogP contribution in [0.4, 0.5) is 0 Å². The Hall–Kier alpha value is -0.160. The van der Waals surface area contributed by atoms with E-state index < -0.39 is 0 Å². The van der Waals surface area contributed by atoms with Crippen molar-refractivity contribution in [2.75, 3.05) is 33.4 Å². The standard InChI is InChI=1S/C16H30N2O2/c1-3-18(12-13-5-4-6-13)15-11-16(19-9-10-20-16)8-7-14(15)17-2/h13-15,17H,3-12H2,1-2H3. The first-order chi connectivity index (χ1) is 9.76. The predicted octanol–water partition coefficient (Wildman–Crippen LogP) is 1.99. The van der Waals surface area contributed by atoms with Crippen LogP contribution < -0.4 is 5.32 Å². The van der Waals surface area contributed by atoms with Gasteiger partial charge in [-0.05, 0) is 38.8 Å². The van der Waals surface area contributed by atoms with Crippen molar-refractivity contribution in [2.45, 2.75) is 63.3 Å². The molecule has 1 aliphatic heterocycles. The largest absolute Gasteiger partial charge is 0.347 e. The lowest BCUT2D eigenvalue weighted by atomic mass is 9.81. The Morgan fingerprint density at radius 2 is 1.95 bits per heavy atom. The molecular weight excluding hydrogens is 252 g/mol. The molecule has 4 heteroatoms. The van der Waals surface area contributed by atoms with E-state index in [-0.39, 0.29) is 5.79 Å². The number of hydrogen-bond acceptors (Lipinski definition) is 4. The van der Waals surface area contributed by atoms with Crippen LogP contribution in [0.25, 0.3) is 0 Å². The second kappa shape index (κ2) is 6.30. The molecule has 0 radical (unpaired) electrons. The molecule has 20 heavy (non-hydrogen) atoms. The Balaban J connectivity index is 1.67. The Morgan fingerprint density at radius 1 is 1.20 bits per heavy atom. The fourth-order valence-electron chi connectivity index (χ4n) is 4.12. The predicted molar refractivity (Wildman–Crippen MR) is 79.7 cm³/mol. The molecule has 0 aromatic heterocycles. The molecule has 4 nitrogen and oxygen atoms in total. The molecular formula is C16H30N2O2. The fourth-order valence-corrected chi connectivity index (χ4v) is 4.12. The topological polar surface area (TPSA) is 33.7 Å². The second-order valence-electron chi connectivity index (χ2n) is 6.70. The molecule has 2 saturated carbocycles. The van der Waals surface area contributed by atoms with Crippen LogP contribution in [-0.4, -0.2) is 56.1 Å². The van der Waals surface area contributed by atoms with Crippen molar-refractivity contribution >= 4 is 0 Å². The molecule has 0 bridgehead atoms. The van der Waals surface area contributed by atoms with Crippen LogP contribution in [0.1, 0.15) is 45.4 Å². The van der Waals surface area contributed by atoms with Crippen LogP contribution in [0, 0.1) is 5.92 Å². The van der Waals surface area contributed by atoms with Gasteiger partial charge in [0.25, 0.3) is 0 Å². The van der Waals surface area contributed by atoms with Gasteiger partial charge in [0.2, 0.25) is 0 Å². The highest BCUT2D eigenvalue weighted by Gasteiger charge is 2.46. The van der Waals surface area contributed by atoms with E-state index in [0.717, 1.165) is 44.9 Å². The number of nitrogens with one attached hydrogen (secondary N) is 1. The van der Waals surface area contributed by atoms with Gasteiger partial charge in [0.1, 0.15) is 0 Å². The molecule has 0 aromatic carbocycles. The molecule has 0 amide bonds. The molecule has 2 unspecified atom stereocenters. The number of nitrogens with zero attached hydrogens (tertiary/aromatic N) is 1. The minimum Gasteiger partial charge on any atom is -0.347 e. The summed E-state index contributed by atoms with van der Waals surface area (Å²) in [5.74, 6) is 0.654. The average molecular weight is 282 g/mol. The molecule has 116 valence electrons. The summed E-state index contributed by atoms with van der Waals surface area (Å²) in [7, 11) is 2.10. The summed E-state index contributed by atoms with van der Waals surface area (Å²) in [5.41, 5.74) is 0. The summed E-state index contributed by atoms with van der Waals surface area (Å²) in [5, 5.41) is 3.53.